The van der Waals surface area contributed by atoms with E-state index in [1.807, 2.05) is 0 Å². The van der Waals surface area contributed by atoms with Gasteiger partial charge in [0.05, 0.1) is 6.04 Å². The van der Waals surface area contributed by atoms with Gasteiger partial charge in [0.1, 0.15) is 5.54 Å². The fourth-order valence-corrected chi connectivity index (χ4v) is 1.85. The molecule has 1 rings (SSSR count). The molecule has 15 heavy (non-hydrogen) atoms. The third-order valence-corrected chi connectivity index (χ3v) is 3.06. The molecule has 0 spiro atoms. The van der Waals surface area contributed by atoms with E-state index in [0.29, 0.717) is 12.8 Å². The summed E-state index contributed by atoms with van der Waals surface area (Å²) in [5.74, 6) is -1.17. The van der Waals surface area contributed by atoms with Gasteiger partial charge < -0.3 is 15.7 Å². The van der Waals surface area contributed by atoms with Crippen LogP contribution < -0.4 is 10.6 Å². The van der Waals surface area contributed by atoms with E-state index in [1.54, 1.807) is 14.0 Å². The molecule has 0 heterocycles. The molecule has 0 saturated heterocycles. The molecule has 5 heteroatoms. The number of aliphatic carboxylic acids is 1. The molecule has 5 nitrogen and oxygen atoms in total. The van der Waals surface area contributed by atoms with Gasteiger partial charge in [-0.2, -0.15) is 0 Å². The molecular formula is C10H18N2O3. The van der Waals surface area contributed by atoms with E-state index >= 15 is 0 Å². The van der Waals surface area contributed by atoms with Crippen LogP contribution in [0, 0.1) is 0 Å². The van der Waals surface area contributed by atoms with Crippen LogP contribution in [-0.2, 0) is 9.59 Å². The molecule has 1 amide bonds. The zero-order chi connectivity index (χ0) is 11.5. The second-order valence-electron chi connectivity index (χ2n) is 4.09. The number of carboxylic acid groups (broad SMARTS) is 1. The van der Waals surface area contributed by atoms with Crippen molar-refractivity contribution in [3.8, 4) is 0 Å². The van der Waals surface area contributed by atoms with Crippen molar-refractivity contribution in [2.45, 2.75) is 44.2 Å². The first-order chi connectivity index (χ1) is 7.02. The Morgan fingerprint density at radius 2 is 1.87 bits per heavy atom. The maximum absolute atomic E-state index is 11.6. The Morgan fingerprint density at radius 1 is 1.33 bits per heavy atom. The first kappa shape index (κ1) is 12.0. The van der Waals surface area contributed by atoms with Crippen molar-refractivity contribution >= 4 is 11.9 Å². The zero-order valence-electron chi connectivity index (χ0n) is 9.17. The first-order valence-corrected chi connectivity index (χ1v) is 5.24. The second-order valence-corrected chi connectivity index (χ2v) is 4.09. The lowest BCUT2D eigenvalue weighted by molar-refractivity contribution is -0.147. The molecule has 1 unspecified atom stereocenters. The van der Waals surface area contributed by atoms with Crippen molar-refractivity contribution in [1.29, 1.82) is 0 Å². The largest absolute Gasteiger partial charge is 0.480 e. The molecule has 1 saturated carbocycles. The lowest BCUT2D eigenvalue weighted by Gasteiger charge is -2.26. The molecule has 0 aliphatic heterocycles. The van der Waals surface area contributed by atoms with E-state index in [0.717, 1.165) is 12.8 Å². The Kier molecular flexibility index (Phi) is 3.68. The molecule has 1 fully saturated rings. The Bertz CT molecular complexity index is 259. The smallest absolute Gasteiger partial charge is 0.329 e. The maximum atomic E-state index is 11.6. The standard InChI is InChI=1S/C10H18N2O3/c1-7(11-2)8(13)12-10(9(14)15)5-3-4-6-10/h7,11H,3-6H2,1-2H3,(H,12,13)(H,14,15). The predicted molar refractivity (Wildman–Crippen MR) is 55.5 cm³/mol. The van der Waals surface area contributed by atoms with Crippen molar-refractivity contribution in [3.05, 3.63) is 0 Å². The van der Waals surface area contributed by atoms with Gasteiger partial charge in [-0.1, -0.05) is 12.8 Å². The summed E-state index contributed by atoms with van der Waals surface area (Å²) in [4.78, 5) is 22.7. The van der Waals surface area contributed by atoms with Gasteiger partial charge in [-0.15, -0.1) is 0 Å². The van der Waals surface area contributed by atoms with Crippen LogP contribution in [0.15, 0.2) is 0 Å². The molecule has 0 radical (unpaired) electrons. The fraction of sp³-hybridized carbons (Fsp3) is 0.800. The molecule has 3 N–H and O–H groups in total. The summed E-state index contributed by atoms with van der Waals surface area (Å²) in [5.41, 5.74) is -1.03. The quantitative estimate of drug-likeness (QED) is 0.620. The molecule has 0 aromatic carbocycles. The number of carbonyl (C=O) groups excluding carboxylic acids is 1. The second kappa shape index (κ2) is 4.61. The fourth-order valence-electron chi connectivity index (χ4n) is 1.85. The summed E-state index contributed by atoms with van der Waals surface area (Å²) in [6.07, 6.45) is 2.79. The minimum atomic E-state index is -1.03. The normalized spacial score (nSPS) is 20.9. The molecule has 0 bridgehead atoms. The van der Waals surface area contributed by atoms with Gasteiger partial charge in [0.15, 0.2) is 0 Å². The van der Waals surface area contributed by atoms with Crippen LogP contribution in [0.3, 0.4) is 0 Å². The molecular weight excluding hydrogens is 196 g/mol. The number of amides is 1. The summed E-state index contributed by atoms with van der Waals surface area (Å²) < 4.78 is 0. The number of hydrogen-bond donors (Lipinski definition) is 3. The molecule has 0 aromatic rings. The van der Waals surface area contributed by atoms with Gasteiger partial charge in [-0.05, 0) is 26.8 Å². The topological polar surface area (TPSA) is 78.4 Å². The minimum absolute atomic E-state index is 0.248. The van der Waals surface area contributed by atoms with Crippen molar-refractivity contribution < 1.29 is 14.7 Å². The van der Waals surface area contributed by atoms with Crippen LogP contribution in [0.4, 0.5) is 0 Å². The average molecular weight is 214 g/mol. The average Bonchev–Trinajstić information content (AvgIpc) is 2.66. The Hall–Kier alpha value is -1.10. The van der Waals surface area contributed by atoms with Crippen LogP contribution in [0.5, 0.6) is 0 Å². The van der Waals surface area contributed by atoms with E-state index in [4.69, 9.17) is 5.11 Å². The van der Waals surface area contributed by atoms with Gasteiger partial charge >= 0.3 is 5.97 Å². The Labute approximate surface area is 89.2 Å². The number of likely N-dealkylation sites (N-methyl/N-ethyl adjacent to an activating group) is 1. The minimum Gasteiger partial charge on any atom is -0.480 e. The third kappa shape index (κ3) is 2.47. The van der Waals surface area contributed by atoms with Gasteiger partial charge in [0, 0.05) is 0 Å². The third-order valence-electron chi connectivity index (χ3n) is 3.06. The highest BCUT2D eigenvalue weighted by atomic mass is 16.4. The maximum Gasteiger partial charge on any atom is 0.329 e. The summed E-state index contributed by atoms with van der Waals surface area (Å²) in [6, 6.07) is -0.359. The molecule has 86 valence electrons. The van der Waals surface area contributed by atoms with Crippen molar-refractivity contribution in [2.75, 3.05) is 7.05 Å². The van der Waals surface area contributed by atoms with Crippen LogP contribution in [0.1, 0.15) is 32.6 Å². The number of carbonyl (C=O) groups is 2. The van der Waals surface area contributed by atoms with Gasteiger partial charge in [-0.3, -0.25) is 4.79 Å². The summed E-state index contributed by atoms with van der Waals surface area (Å²) in [5, 5.41) is 14.6. The highest BCUT2D eigenvalue weighted by molar-refractivity contribution is 5.89. The van der Waals surface area contributed by atoms with E-state index in [2.05, 4.69) is 10.6 Å². The van der Waals surface area contributed by atoms with Crippen LogP contribution >= 0.6 is 0 Å². The number of carboxylic acids is 1. The summed E-state index contributed by atoms with van der Waals surface area (Å²) in [7, 11) is 1.67. The Morgan fingerprint density at radius 3 is 2.27 bits per heavy atom. The van der Waals surface area contributed by atoms with Crippen molar-refractivity contribution in [1.82, 2.24) is 10.6 Å². The predicted octanol–water partition coefficient (Wildman–Crippen LogP) is 0.108. The van der Waals surface area contributed by atoms with Crippen molar-refractivity contribution in [3.63, 3.8) is 0 Å². The van der Waals surface area contributed by atoms with Crippen LogP contribution in [-0.4, -0.2) is 35.6 Å². The van der Waals surface area contributed by atoms with E-state index in [-0.39, 0.29) is 11.9 Å². The lowest BCUT2D eigenvalue weighted by atomic mass is 9.97. The van der Waals surface area contributed by atoms with Crippen molar-refractivity contribution in [2.24, 2.45) is 0 Å². The Balaban J connectivity index is 2.67. The highest BCUT2D eigenvalue weighted by Crippen LogP contribution is 2.29. The summed E-state index contributed by atoms with van der Waals surface area (Å²) >= 11 is 0. The zero-order valence-corrected chi connectivity index (χ0v) is 9.17. The molecule has 1 aliphatic carbocycles. The highest BCUT2D eigenvalue weighted by Gasteiger charge is 2.42. The van der Waals surface area contributed by atoms with E-state index in [9.17, 15) is 9.59 Å². The number of nitrogens with one attached hydrogen (secondary N) is 2. The van der Waals surface area contributed by atoms with Gasteiger partial charge in [-0.25, -0.2) is 4.79 Å². The van der Waals surface area contributed by atoms with Gasteiger partial charge in [0.25, 0.3) is 0 Å². The van der Waals surface area contributed by atoms with E-state index < -0.39 is 11.5 Å². The molecule has 1 aliphatic rings. The molecule has 0 aromatic heterocycles. The SMILES string of the molecule is CNC(C)C(=O)NC1(C(=O)O)CCCC1. The number of hydrogen-bond acceptors (Lipinski definition) is 3. The number of rotatable bonds is 4. The molecule has 1 atom stereocenters. The summed E-state index contributed by atoms with van der Waals surface area (Å²) in [6.45, 7) is 1.71. The van der Waals surface area contributed by atoms with Gasteiger partial charge in [0.2, 0.25) is 5.91 Å². The van der Waals surface area contributed by atoms with E-state index in [1.165, 1.54) is 0 Å². The van der Waals surface area contributed by atoms with Crippen LogP contribution in [0.2, 0.25) is 0 Å². The first-order valence-electron chi connectivity index (χ1n) is 5.24. The lowest BCUT2D eigenvalue weighted by Crippen LogP contribution is -2.56. The van der Waals surface area contributed by atoms with Crippen LogP contribution in [0.25, 0.3) is 0 Å². The monoisotopic (exact) mass is 214 g/mol.